The third kappa shape index (κ3) is 3.09. The second kappa shape index (κ2) is 5.21. The molecule has 1 aromatic rings. The van der Waals surface area contributed by atoms with Gasteiger partial charge < -0.3 is 10.6 Å². The molecule has 4 heteroatoms. The zero-order valence-corrected chi connectivity index (χ0v) is 10.6. The number of benzene rings is 1. The molecule has 2 N–H and O–H groups in total. The maximum atomic E-state index is 11.8. The minimum Gasteiger partial charge on any atom is -0.351 e. The number of carbonyl (C=O) groups is 2. The Morgan fingerprint density at radius 2 is 1.94 bits per heavy atom. The molecule has 96 valence electrons. The summed E-state index contributed by atoms with van der Waals surface area (Å²) in [4.78, 5) is 22.6. The van der Waals surface area contributed by atoms with Gasteiger partial charge in [0, 0.05) is 18.9 Å². The molecule has 1 aliphatic rings. The van der Waals surface area contributed by atoms with Crippen LogP contribution in [0.2, 0.25) is 0 Å². The molecule has 3 atom stereocenters. The molecule has 0 spiro atoms. The standard InChI is InChI=1S/C14H18N2O2/c1-9(15-10(2)17)14(18)16-13-8-12(13)11-6-4-3-5-7-11/h3-7,9,12-13H,8H2,1-2H3,(H,15,17)(H,16,18)/t9-,12+,13-/m1/s1. The van der Waals surface area contributed by atoms with Crippen LogP contribution in [0, 0.1) is 0 Å². The first-order valence-corrected chi connectivity index (χ1v) is 6.20. The highest BCUT2D eigenvalue weighted by Gasteiger charge is 2.39. The van der Waals surface area contributed by atoms with E-state index in [2.05, 4.69) is 22.8 Å². The molecule has 0 aliphatic heterocycles. The van der Waals surface area contributed by atoms with Crippen molar-refractivity contribution < 1.29 is 9.59 Å². The maximum Gasteiger partial charge on any atom is 0.242 e. The highest BCUT2D eigenvalue weighted by atomic mass is 16.2. The molecule has 18 heavy (non-hydrogen) atoms. The summed E-state index contributed by atoms with van der Waals surface area (Å²) in [5.74, 6) is 0.112. The number of carbonyl (C=O) groups excluding carboxylic acids is 2. The summed E-state index contributed by atoms with van der Waals surface area (Å²) in [7, 11) is 0. The number of hydrogen-bond acceptors (Lipinski definition) is 2. The fourth-order valence-electron chi connectivity index (χ4n) is 2.10. The summed E-state index contributed by atoms with van der Waals surface area (Å²) < 4.78 is 0. The van der Waals surface area contributed by atoms with Crippen LogP contribution in [0.5, 0.6) is 0 Å². The van der Waals surface area contributed by atoms with Crippen LogP contribution in [0.4, 0.5) is 0 Å². The zero-order chi connectivity index (χ0) is 13.1. The topological polar surface area (TPSA) is 58.2 Å². The summed E-state index contributed by atoms with van der Waals surface area (Å²) in [5.41, 5.74) is 1.26. The summed E-state index contributed by atoms with van der Waals surface area (Å²) in [6, 6.07) is 9.88. The second-order valence-corrected chi connectivity index (χ2v) is 4.79. The number of amides is 2. The van der Waals surface area contributed by atoms with E-state index in [1.54, 1.807) is 6.92 Å². The van der Waals surface area contributed by atoms with Crippen molar-refractivity contribution in [2.75, 3.05) is 0 Å². The average molecular weight is 246 g/mol. The normalized spacial score (nSPS) is 23.0. The van der Waals surface area contributed by atoms with E-state index in [4.69, 9.17) is 0 Å². The molecule has 2 amide bonds. The predicted molar refractivity (Wildman–Crippen MR) is 69.0 cm³/mol. The molecular formula is C14H18N2O2. The molecule has 1 saturated carbocycles. The van der Waals surface area contributed by atoms with Gasteiger partial charge in [-0.15, -0.1) is 0 Å². The van der Waals surface area contributed by atoms with Crippen molar-refractivity contribution in [1.82, 2.24) is 10.6 Å². The molecule has 1 aliphatic carbocycles. The Kier molecular flexibility index (Phi) is 3.65. The number of nitrogens with one attached hydrogen (secondary N) is 2. The first-order valence-electron chi connectivity index (χ1n) is 6.20. The summed E-state index contributed by atoms with van der Waals surface area (Å²) in [6.07, 6.45) is 0.975. The van der Waals surface area contributed by atoms with Gasteiger partial charge in [0.15, 0.2) is 0 Å². The third-order valence-corrected chi connectivity index (χ3v) is 3.16. The van der Waals surface area contributed by atoms with Crippen molar-refractivity contribution in [3.05, 3.63) is 35.9 Å². The lowest BCUT2D eigenvalue weighted by Crippen LogP contribution is -2.45. The SMILES string of the molecule is CC(=O)N[C@H](C)C(=O)N[C@@H]1C[C@H]1c1ccccc1. The Morgan fingerprint density at radius 1 is 1.28 bits per heavy atom. The van der Waals surface area contributed by atoms with Crippen LogP contribution in [0.3, 0.4) is 0 Å². The molecule has 0 unspecified atom stereocenters. The summed E-state index contributed by atoms with van der Waals surface area (Å²) in [6.45, 7) is 3.10. The van der Waals surface area contributed by atoms with E-state index in [9.17, 15) is 9.59 Å². The fourth-order valence-corrected chi connectivity index (χ4v) is 2.10. The maximum absolute atomic E-state index is 11.8. The first kappa shape index (κ1) is 12.6. The van der Waals surface area contributed by atoms with Gasteiger partial charge >= 0.3 is 0 Å². The highest BCUT2D eigenvalue weighted by molar-refractivity contribution is 5.86. The van der Waals surface area contributed by atoms with Crippen LogP contribution in [0.1, 0.15) is 31.7 Å². The van der Waals surface area contributed by atoms with Gasteiger partial charge in [-0.25, -0.2) is 0 Å². The van der Waals surface area contributed by atoms with E-state index in [1.165, 1.54) is 12.5 Å². The van der Waals surface area contributed by atoms with E-state index >= 15 is 0 Å². The number of rotatable bonds is 4. The number of hydrogen-bond donors (Lipinski definition) is 2. The summed E-state index contributed by atoms with van der Waals surface area (Å²) >= 11 is 0. The van der Waals surface area contributed by atoms with E-state index in [0.29, 0.717) is 5.92 Å². The predicted octanol–water partition coefficient (Wildman–Crippen LogP) is 1.18. The molecule has 1 aromatic carbocycles. The highest BCUT2D eigenvalue weighted by Crippen LogP contribution is 2.40. The van der Waals surface area contributed by atoms with E-state index in [0.717, 1.165) is 6.42 Å². The fraction of sp³-hybridized carbons (Fsp3) is 0.429. The van der Waals surface area contributed by atoms with Gasteiger partial charge in [-0.2, -0.15) is 0 Å². The van der Waals surface area contributed by atoms with Crippen molar-refractivity contribution in [3.63, 3.8) is 0 Å². The molecule has 0 aromatic heterocycles. The van der Waals surface area contributed by atoms with Crippen LogP contribution in [0.25, 0.3) is 0 Å². The molecule has 0 saturated heterocycles. The van der Waals surface area contributed by atoms with Crippen molar-refractivity contribution in [2.45, 2.75) is 38.3 Å². The second-order valence-electron chi connectivity index (χ2n) is 4.79. The van der Waals surface area contributed by atoms with Gasteiger partial charge in [-0.1, -0.05) is 30.3 Å². The van der Waals surface area contributed by atoms with Gasteiger partial charge in [0.1, 0.15) is 6.04 Å². The van der Waals surface area contributed by atoms with Crippen LogP contribution < -0.4 is 10.6 Å². The van der Waals surface area contributed by atoms with E-state index in [-0.39, 0.29) is 17.9 Å². The van der Waals surface area contributed by atoms with Crippen LogP contribution >= 0.6 is 0 Å². The van der Waals surface area contributed by atoms with Crippen molar-refractivity contribution in [1.29, 1.82) is 0 Å². The van der Waals surface area contributed by atoms with Crippen molar-refractivity contribution >= 4 is 11.8 Å². The Bertz CT molecular complexity index is 444. The molecule has 1 fully saturated rings. The van der Waals surface area contributed by atoms with Gasteiger partial charge in [0.25, 0.3) is 0 Å². The quantitative estimate of drug-likeness (QED) is 0.838. The minimum atomic E-state index is -0.473. The average Bonchev–Trinajstić information content (AvgIpc) is 3.08. The minimum absolute atomic E-state index is 0.117. The third-order valence-electron chi connectivity index (χ3n) is 3.16. The van der Waals surface area contributed by atoms with Gasteiger partial charge in [0.05, 0.1) is 0 Å². The molecular weight excluding hydrogens is 228 g/mol. The Balaban J connectivity index is 1.83. The van der Waals surface area contributed by atoms with Crippen LogP contribution in [-0.2, 0) is 9.59 Å². The Hall–Kier alpha value is -1.84. The lowest BCUT2D eigenvalue weighted by molar-refractivity contribution is -0.127. The van der Waals surface area contributed by atoms with Gasteiger partial charge in [0.2, 0.25) is 11.8 Å². The van der Waals surface area contributed by atoms with Gasteiger partial charge in [-0.05, 0) is 18.9 Å². The Morgan fingerprint density at radius 3 is 2.56 bits per heavy atom. The smallest absolute Gasteiger partial charge is 0.242 e. The molecule has 0 heterocycles. The van der Waals surface area contributed by atoms with Crippen LogP contribution in [-0.4, -0.2) is 23.9 Å². The lowest BCUT2D eigenvalue weighted by Gasteiger charge is -2.12. The Labute approximate surface area is 107 Å². The largest absolute Gasteiger partial charge is 0.351 e. The summed E-state index contributed by atoms with van der Waals surface area (Å²) in [5, 5.41) is 5.53. The molecule has 0 bridgehead atoms. The first-order chi connectivity index (χ1) is 8.58. The monoisotopic (exact) mass is 246 g/mol. The molecule has 2 rings (SSSR count). The van der Waals surface area contributed by atoms with E-state index < -0.39 is 6.04 Å². The van der Waals surface area contributed by atoms with Crippen LogP contribution in [0.15, 0.2) is 30.3 Å². The molecule has 0 radical (unpaired) electrons. The zero-order valence-electron chi connectivity index (χ0n) is 10.6. The van der Waals surface area contributed by atoms with Crippen molar-refractivity contribution in [2.24, 2.45) is 0 Å². The van der Waals surface area contributed by atoms with Gasteiger partial charge in [-0.3, -0.25) is 9.59 Å². The lowest BCUT2D eigenvalue weighted by atomic mass is 10.1. The molecule has 4 nitrogen and oxygen atoms in total. The van der Waals surface area contributed by atoms with Crippen molar-refractivity contribution in [3.8, 4) is 0 Å². The van der Waals surface area contributed by atoms with E-state index in [1.807, 2.05) is 18.2 Å².